The highest BCUT2D eigenvalue weighted by Crippen LogP contribution is 2.58. The van der Waals surface area contributed by atoms with Crippen LogP contribution in [-0.4, -0.2) is 45.9 Å². The molecule has 36 heavy (non-hydrogen) atoms. The van der Waals surface area contributed by atoms with Crippen molar-refractivity contribution >= 4 is 11.9 Å². The van der Waals surface area contributed by atoms with Crippen LogP contribution < -0.4 is 5.32 Å². The van der Waals surface area contributed by atoms with E-state index in [1.807, 2.05) is 49.4 Å². The van der Waals surface area contributed by atoms with Crippen LogP contribution in [0.2, 0.25) is 0 Å². The van der Waals surface area contributed by atoms with Crippen LogP contribution in [0.4, 0.5) is 0 Å². The van der Waals surface area contributed by atoms with Crippen molar-refractivity contribution in [1.82, 2.24) is 5.32 Å². The molecule has 1 aliphatic heterocycles. The third-order valence-corrected chi connectivity index (χ3v) is 8.43. The number of amides is 1. The van der Waals surface area contributed by atoms with E-state index in [-0.39, 0.29) is 29.7 Å². The summed E-state index contributed by atoms with van der Waals surface area (Å²) in [6, 6.07) is 9.73. The molecule has 8 unspecified atom stereocenters. The molecule has 0 radical (unpaired) electrons. The first-order chi connectivity index (χ1) is 17.0. The molecule has 4 rings (SSSR count). The average Bonchev–Trinajstić information content (AvgIpc) is 3.08. The number of aliphatic hydroxyl groups excluding tert-OH is 1. The van der Waals surface area contributed by atoms with Crippen molar-refractivity contribution in [3.8, 4) is 0 Å². The summed E-state index contributed by atoms with van der Waals surface area (Å²) in [5, 5.41) is 25.8. The smallest absolute Gasteiger partial charge is 0.303 e. The Morgan fingerprint density at radius 1 is 1.22 bits per heavy atom. The van der Waals surface area contributed by atoms with Gasteiger partial charge in [0.05, 0.1) is 11.7 Å². The van der Waals surface area contributed by atoms with Crippen molar-refractivity contribution in [3.63, 3.8) is 0 Å². The summed E-state index contributed by atoms with van der Waals surface area (Å²) in [6.45, 7) is 11.3. The van der Waals surface area contributed by atoms with E-state index in [2.05, 4.69) is 18.8 Å². The number of nitrogens with one attached hydrogen (secondary N) is 1. The first-order valence-electron chi connectivity index (χ1n) is 12.9. The van der Waals surface area contributed by atoms with E-state index in [1.165, 1.54) is 6.92 Å². The molecule has 1 aromatic rings. The summed E-state index contributed by atoms with van der Waals surface area (Å²) in [5.41, 5.74) is -0.635. The molecule has 1 heterocycles. The summed E-state index contributed by atoms with van der Waals surface area (Å²) >= 11 is 0. The van der Waals surface area contributed by atoms with Gasteiger partial charge in [-0.2, -0.15) is 0 Å². The van der Waals surface area contributed by atoms with Gasteiger partial charge in [-0.25, -0.2) is 0 Å². The number of benzene rings is 1. The Morgan fingerprint density at radius 3 is 2.58 bits per heavy atom. The molecular weight excluding hydrogens is 454 g/mol. The normalized spacial score (nSPS) is 42.3. The largest absolute Gasteiger partial charge is 0.457 e. The minimum absolute atomic E-state index is 0.170. The predicted octanol–water partition coefficient (Wildman–Crippen LogP) is 3.74. The van der Waals surface area contributed by atoms with Crippen LogP contribution in [0.25, 0.3) is 0 Å². The standard InChI is InChI=1S/C30H39NO5/c1-18-10-9-13-23-27(33)20(3)19(2)26-24(16-22-11-7-6-8-12-22)31-28(34)30(23,26)25(36-21(4)32)14-15-29(5,35)17-18/h6-9,11-15,18-19,23-27,33,35H,3,10,16-17H2,1-2,4-5H3,(H,31,34)/b13-9+,15-14+/t18?,19?,23?,24?,25?,26?,27?,29?,30-/m1/s1. The highest BCUT2D eigenvalue weighted by Gasteiger charge is 2.68. The summed E-state index contributed by atoms with van der Waals surface area (Å²) in [6.07, 6.45) is 7.09. The Bertz CT molecular complexity index is 1060. The zero-order chi connectivity index (χ0) is 26.3. The van der Waals surface area contributed by atoms with Gasteiger partial charge in [-0.05, 0) is 55.2 Å². The van der Waals surface area contributed by atoms with Gasteiger partial charge in [-0.15, -0.1) is 0 Å². The quantitative estimate of drug-likeness (QED) is 0.440. The molecule has 3 N–H and O–H groups in total. The van der Waals surface area contributed by atoms with Gasteiger partial charge in [0.2, 0.25) is 5.91 Å². The second-order valence-electron chi connectivity index (χ2n) is 11.3. The second kappa shape index (κ2) is 9.98. The molecule has 3 aliphatic rings. The summed E-state index contributed by atoms with van der Waals surface area (Å²) < 4.78 is 5.89. The van der Waals surface area contributed by atoms with E-state index in [4.69, 9.17) is 4.74 Å². The SMILES string of the molecule is C=C1C(C)C2C(Cc3ccccc3)NC(=O)[C@]23C(OC(C)=O)/C=C/C(C)(O)CC(C)C/C=C/C3C1O. The van der Waals surface area contributed by atoms with Gasteiger partial charge < -0.3 is 20.3 Å². The van der Waals surface area contributed by atoms with E-state index in [1.54, 1.807) is 19.1 Å². The van der Waals surface area contributed by atoms with Crippen LogP contribution in [0.15, 0.2) is 66.8 Å². The molecule has 0 aromatic heterocycles. The molecule has 6 nitrogen and oxygen atoms in total. The number of esters is 1. The Balaban J connectivity index is 1.92. The van der Waals surface area contributed by atoms with Gasteiger partial charge in [0.25, 0.3) is 0 Å². The van der Waals surface area contributed by atoms with Crippen LogP contribution in [-0.2, 0) is 20.7 Å². The third kappa shape index (κ3) is 4.69. The van der Waals surface area contributed by atoms with Gasteiger partial charge in [0.1, 0.15) is 11.5 Å². The topological polar surface area (TPSA) is 95.9 Å². The lowest BCUT2D eigenvalue weighted by molar-refractivity contribution is -0.166. The molecule has 0 bridgehead atoms. The van der Waals surface area contributed by atoms with Crippen LogP contribution in [0.5, 0.6) is 0 Å². The predicted molar refractivity (Wildman–Crippen MR) is 139 cm³/mol. The minimum Gasteiger partial charge on any atom is -0.457 e. The number of aliphatic hydroxyl groups is 2. The van der Waals surface area contributed by atoms with Gasteiger partial charge >= 0.3 is 5.97 Å². The van der Waals surface area contributed by atoms with Crippen molar-refractivity contribution in [2.24, 2.45) is 29.1 Å². The molecule has 2 fully saturated rings. The number of ether oxygens (including phenoxy) is 1. The zero-order valence-electron chi connectivity index (χ0n) is 21.7. The number of allylic oxidation sites excluding steroid dienone is 1. The molecular formula is C30H39NO5. The van der Waals surface area contributed by atoms with Crippen molar-refractivity contribution in [1.29, 1.82) is 0 Å². The first kappa shape index (κ1) is 26.4. The Hall–Kier alpha value is -2.70. The summed E-state index contributed by atoms with van der Waals surface area (Å²) in [5.74, 6) is -1.75. The van der Waals surface area contributed by atoms with Crippen molar-refractivity contribution in [2.45, 2.75) is 70.8 Å². The minimum atomic E-state index is -1.26. The van der Waals surface area contributed by atoms with Crippen LogP contribution >= 0.6 is 0 Å². The first-order valence-corrected chi connectivity index (χ1v) is 12.9. The van der Waals surface area contributed by atoms with Crippen molar-refractivity contribution in [2.75, 3.05) is 0 Å². The molecule has 1 saturated heterocycles. The maximum atomic E-state index is 14.2. The fraction of sp³-hybridized carbons (Fsp3) is 0.533. The molecule has 194 valence electrons. The summed E-state index contributed by atoms with van der Waals surface area (Å²) in [4.78, 5) is 26.5. The fourth-order valence-corrected chi connectivity index (χ4v) is 6.90. The molecule has 9 atom stereocenters. The molecule has 1 saturated carbocycles. The Morgan fingerprint density at radius 2 is 1.92 bits per heavy atom. The highest BCUT2D eigenvalue weighted by atomic mass is 16.5. The molecule has 6 heteroatoms. The van der Waals surface area contributed by atoms with Gasteiger partial charge in [0, 0.05) is 24.8 Å². The van der Waals surface area contributed by atoms with E-state index >= 15 is 0 Å². The maximum absolute atomic E-state index is 14.2. The Labute approximate surface area is 214 Å². The zero-order valence-corrected chi connectivity index (χ0v) is 21.7. The molecule has 1 spiro atoms. The van der Waals surface area contributed by atoms with Crippen molar-refractivity contribution < 1.29 is 24.5 Å². The molecule has 1 aromatic carbocycles. The summed E-state index contributed by atoms with van der Waals surface area (Å²) in [7, 11) is 0. The molecule has 1 amide bonds. The number of rotatable bonds is 3. The van der Waals surface area contributed by atoms with Crippen molar-refractivity contribution in [3.05, 3.63) is 72.4 Å². The highest BCUT2D eigenvalue weighted by molar-refractivity contribution is 5.89. The number of carbonyl (C=O) groups is 2. The average molecular weight is 494 g/mol. The van der Waals surface area contributed by atoms with E-state index in [0.717, 1.165) is 5.56 Å². The fourth-order valence-electron chi connectivity index (χ4n) is 6.90. The lowest BCUT2D eigenvalue weighted by atomic mass is 9.51. The van der Waals surface area contributed by atoms with Gasteiger partial charge in [-0.1, -0.05) is 69.0 Å². The van der Waals surface area contributed by atoms with Crippen LogP contribution in [0, 0.1) is 29.1 Å². The van der Waals surface area contributed by atoms with Crippen LogP contribution in [0.3, 0.4) is 0 Å². The van der Waals surface area contributed by atoms with Crippen LogP contribution in [0.1, 0.15) is 46.1 Å². The lowest BCUT2D eigenvalue weighted by Gasteiger charge is -2.52. The van der Waals surface area contributed by atoms with E-state index in [0.29, 0.717) is 24.8 Å². The van der Waals surface area contributed by atoms with Gasteiger partial charge in [-0.3, -0.25) is 9.59 Å². The van der Waals surface area contributed by atoms with E-state index in [9.17, 15) is 19.8 Å². The maximum Gasteiger partial charge on any atom is 0.303 e. The Kier molecular flexibility index (Phi) is 7.31. The third-order valence-electron chi connectivity index (χ3n) is 8.43. The van der Waals surface area contributed by atoms with E-state index < -0.39 is 35.1 Å². The molecule has 2 aliphatic carbocycles. The van der Waals surface area contributed by atoms with Gasteiger partial charge in [0.15, 0.2) is 0 Å². The number of carbonyl (C=O) groups excluding carboxylic acids is 2. The second-order valence-corrected chi connectivity index (χ2v) is 11.3. The number of hydrogen-bond donors (Lipinski definition) is 3. The monoisotopic (exact) mass is 493 g/mol. The lowest BCUT2D eigenvalue weighted by Crippen LogP contribution is -2.60. The number of hydrogen-bond acceptors (Lipinski definition) is 5.